The van der Waals surface area contributed by atoms with Crippen LogP contribution in [0.15, 0.2) is 48.5 Å². The average molecular weight is 463 g/mol. The highest BCUT2D eigenvalue weighted by Gasteiger charge is 2.37. The molecule has 0 aromatic heterocycles. The second kappa shape index (κ2) is 10.8. The zero-order valence-electron chi connectivity index (χ0n) is 20.0. The Labute approximate surface area is 201 Å². The lowest BCUT2D eigenvalue weighted by Crippen LogP contribution is -2.56. The minimum atomic E-state index is -0.200. The van der Waals surface area contributed by atoms with Gasteiger partial charge in [-0.05, 0) is 62.1 Å². The maximum atomic E-state index is 13.4. The SMILES string of the molecule is CC(=O)Nc1ccc(NC(=O)[C@H](C2CCCC2)N2CCN(C(=O)c3ccc(C)cc3)CC2)cc1. The topological polar surface area (TPSA) is 81.8 Å². The molecule has 0 radical (unpaired) electrons. The molecule has 1 saturated carbocycles. The van der Waals surface area contributed by atoms with Crippen LogP contribution < -0.4 is 10.6 Å². The Kier molecular flexibility index (Phi) is 7.63. The van der Waals surface area contributed by atoms with Gasteiger partial charge in [-0.3, -0.25) is 19.3 Å². The molecule has 1 aliphatic heterocycles. The van der Waals surface area contributed by atoms with Gasteiger partial charge in [-0.15, -0.1) is 0 Å². The molecule has 0 bridgehead atoms. The molecule has 2 N–H and O–H groups in total. The lowest BCUT2D eigenvalue weighted by Gasteiger charge is -2.40. The van der Waals surface area contributed by atoms with Crippen LogP contribution >= 0.6 is 0 Å². The van der Waals surface area contributed by atoms with Gasteiger partial charge in [0.1, 0.15) is 0 Å². The molecule has 1 atom stereocenters. The van der Waals surface area contributed by atoms with Crippen LogP contribution in [0.3, 0.4) is 0 Å². The van der Waals surface area contributed by atoms with Gasteiger partial charge >= 0.3 is 0 Å². The molecule has 7 nitrogen and oxygen atoms in total. The van der Waals surface area contributed by atoms with Crippen LogP contribution in [0.25, 0.3) is 0 Å². The number of piperazine rings is 1. The molecule has 180 valence electrons. The predicted octanol–water partition coefficient (Wildman–Crippen LogP) is 3.91. The van der Waals surface area contributed by atoms with Crippen LogP contribution in [0.5, 0.6) is 0 Å². The van der Waals surface area contributed by atoms with Crippen molar-refractivity contribution in [3.8, 4) is 0 Å². The van der Waals surface area contributed by atoms with Crippen LogP contribution in [0.2, 0.25) is 0 Å². The van der Waals surface area contributed by atoms with E-state index in [4.69, 9.17) is 0 Å². The number of nitrogens with zero attached hydrogens (tertiary/aromatic N) is 2. The molecule has 2 fully saturated rings. The van der Waals surface area contributed by atoms with E-state index >= 15 is 0 Å². The Hall–Kier alpha value is -3.19. The molecule has 3 amide bonds. The third-order valence-electron chi connectivity index (χ3n) is 6.88. The van der Waals surface area contributed by atoms with E-state index < -0.39 is 0 Å². The van der Waals surface area contributed by atoms with Crippen molar-refractivity contribution in [2.45, 2.75) is 45.6 Å². The van der Waals surface area contributed by atoms with Crippen molar-refractivity contribution in [3.63, 3.8) is 0 Å². The van der Waals surface area contributed by atoms with Gasteiger partial charge in [0.2, 0.25) is 11.8 Å². The molecule has 1 aliphatic carbocycles. The predicted molar refractivity (Wildman–Crippen MR) is 134 cm³/mol. The summed E-state index contributed by atoms with van der Waals surface area (Å²) >= 11 is 0. The third kappa shape index (κ3) is 5.83. The lowest BCUT2D eigenvalue weighted by atomic mass is 9.94. The minimum absolute atomic E-state index is 0.0116. The van der Waals surface area contributed by atoms with E-state index in [9.17, 15) is 14.4 Å². The fourth-order valence-corrected chi connectivity index (χ4v) is 5.09. The molecule has 1 saturated heterocycles. The van der Waals surface area contributed by atoms with Gasteiger partial charge in [0.25, 0.3) is 5.91 Å². The number of benzene rings is 2. The average Bonchev–Trinajstić information content (AvgIpc) is 3.35. The fraction of sp³-hybridized carbons (Fsp3) is 0.444. The summed E-state index contributed by atoms with van der Waals surface area (Å²) in [5.41, 5.74) is 3.27. The van der Waals surface area contributed by atoms with Gasteiger partial charge in [-0.25, -0.2) is 0 Å². The molecule has 7 heteroatoms. The number of aryl methyl sites for hydroxylation is 1. The molecule has 2 aliphatic rings. The van der Waals surface area contributed by atoms with Crippen molar-refractivity contribution >= 4 is 29.1 Å². The number of anilines is 2. The van der Waals surface area contributed by atoms with Crippen molar-refractivity contribution in [2.75, 3.05) is 36.8 Å². The van der Waals surface area contributed by atoms with E-state index in [-0.39, 0.29) is 23.8 Å². The van der Waals surface area contributed by atoms with Crippen molar-refractivity contribution in [3.05, 3.63) is 59.7 Å². The number of hydrogen-bond donors (Lipinski definition) is 2. The normalized spacial score (nSPS) is 17.9. The molecule has 4 rings (SSSR count). The van der Waals surface area contributed by atoms with E-state index in [0.717, 1.165) is 36.9 Å². The Balaban J connectivity index is 1.40. The Bertz CT molecular complexity index is 1010. The highest BCUT2D eigenvalue weighted by molar-refractivity contribution is 5.96. The number of nitrogens with one attached hydrogen (secondary N) is 2. The van der Waals surface area contributed by atoms with E-state index in [2.05, 4.69) is 15.5 Å². The summed E-state index contributed by atoms with van der Waals surface area (Å²) in [7, 11) is 0. The van der Waals surface area contributed by atoms with E-state index in [0.29, 0.717) is 43.3 Å². The minimum Gasteiger partial charge on any atom is -0.336 e. The number of carbonyl (C=O) groups is 3. The third-order valence-corrected chi connectivity index (χ3v) is 6.88. The van der Waals surface area contributed by atoms with Crippen LogP contribution in [-0.4, -0.2) is 59.7 Å². The molecular formula is C27H34N4O3. The van der Waals surface area contributed by atoms with Gasteiger partial charge in [-0.1, -0.05) is 30.5 Å². The van der Waals surface area contributed by atoms with Crippen molar-refractivity contribution in [1.82, 2.24) is 9.80 Å². The summed E-state index contributed by atoms with van der Waals surface area (Å²) < 4.78 is 0. The van der Waals surface area contributed by atoms with E-state index in [1.165, 1.54) is 6.92 Å². The second-order valence-electron chi connectivity index (χ2n) is 9.43. The largest absolute Gasteiger partial charge is 0.336 e. The van der Waals surface area contributed by atoms with Crippen LogP contribution in [0, 0.1) is 12.8 Å². The van der Waals surface area contributed by atoms with Crippen LogP contribution in [0.1, 0.15) is 48.5 Å². The molecule has 1 heterocycles. The van der Waals surface area contributed by atoms with E-state index in [1.807, 2.05) is 48.2 Å². The highest BCUT2D eigenvalue weighted by Crippen LogP contribution is 2.32. The summed E-state index contributed by atoms with van der Waals surface area (Å²) in [6.45, 7) is 6.10. The first-order valence-electron chi connectivity index (χ1n) is 12.2. The van der Waals surface area contributed by atoms with Crippen LogP contribution in [-0.2, 0) is 9.59 Å². The quantitative estimate of drug-likeness (QED) is 0.682. The molecule has 34 heavy (non-hydrogen) atoms. The first-order valence-corrected chi connectivity index (χ1v) is 12.2. The number of amides is 3. The fourth-order valence-electron chi connectivity index (χ4n) is 5.09. The summed E-state index contributed by atoms with van der Waals surface area (Å²) in [5.74, 6) is 0.273. The maximum absolute atomic E-state index is 13.4. The van der Waals surface area contributed by atoms with Gasteiger partial charge in [0.05, 0.1) is 6.04 Å². The standard InChI is InChI=1S/C27H34N4O3/c1-19-7-9-22(10-8-19)27(34)31-17-15-30(16-18-31)25(21-5-3-4-6-21)26(33)29-24-13-11-23(12-14-24)28-20(2)32/h7-14,21,25H,3-6,15-18H2,1-2H3,(H,28,32)(H,29,33)/t25-/m0/s1. The first kappa shape index (κ1) is 24.0. The number of hydrogen-bond acceptors (Lipinski definition) is 4. The van der Waals surface area contributed by atoms with Gasteiger partial charge in [0, 0.05) is 50.0 Å². The summed E-state index contributed by atoms with van der Waals surface area (Å²) in [4.78, 5) is 41.7. The molecule has 0 unspecified atom stereocenters. The Morgan fingerprint density at radius 3 is 1.94 bits per heavy atom. The monoisotopic (exact) mass is 462 g/mol. The number of rotatable bonds is 6. The van der Waals surface area contributed by atoms with Crippen molar-refractivity contribution in [2.24, 2.45) is 5.92 Å². The molecule has 0 spiro atoms. The van der Waals surface area contributed by atoms with E-state index in [1.54, 1.807) is 12.1 Å². The summed E-state index contributed by atoms with van der Waals surface area (Å²) in [6.07, 6.45) is 4.43. The van der Waals surface area contributed by atoms with Crippen molar-refractivity contribution in [1.29, 1.82) is 0 Å². The zero-order chi connectivity index (χ0) is 24.1. The smallest absolute Gasteiger partial charge is 0.253 e. The van der Waals surface area contributed by atoms with Crippen LogP contribution in [0.4, 0.5) is 11.4 Å². The van der Waals surface area contributed by atoms with Gasteiger partial charge in [-0.2, -0.15) is 0 Å². The lowest BCUT2D eigenvalue weighted by molar-refractivity contribution is -0.124. The van der Waals surface area contributed by atoms with Crippen molar-refractivity contribution < 1.29 is 14.4 Å². The number of carbonyl (C=O) groups excluding carboxylic acids is 3. The van der Waals surface area contributed by atoms with Gasteiger partial charge in [0.15, 0.2) is 0 Å². The first-order chi connectivity index (χ1) is 16.4. The Morgan fingerprint density at radius 1 is 0.824 bits per heavy atom. The molecular weight excluding hydrogens is 428 g/mol. The zero-order valence-corrected chi connectivity index (χ0v) is 20.0. The molecule has 2 aromatic rings. The van der Waals surface area contributed by atoms with Gasteiger partial charge < -0.3 is 15.5 Å². The summed E-state index contributed by atoms with van der Waals surface area (Å²) in [5, 5.41) is 5.83. The highest BCUT2D eigenvalue weighted by atomic mass is 16.2. The summed E-state index contributed by atoms with van der Waals surface area (Å²) in [6, 6.07) is 14.7. The Morgan fingerprint density at radius 2 is 1.38 bits per heavy atom. The molecule has 2 aromatic carbocycles. The second-order valence-corrected chi connectivity index (χ2v) is 9.43. The maximum Gasteiger partial charge on any atom is 0.253 e.